The summed E-state index contributed by atoms with van der Waals surface area (Å²) >= 11 is 2.08. The molecule has 0 aliphatic carbocycles. The minimum atomic E-state index is 0.560. The van der Waals surface area contributed by atoms with Crippen LogP contribution in [-0.4, -0.2) is 33.4 Å². The van der Waals surface area contributed by atoms with E-state index in [2.05, 4.69) is 32.7 Å². The van der Waals surface area contributed by atoms with Gasteiger partial charge >= 0.3 is 0 Å². The van der Waals surface area contributed by atoms with Crippen molar-refractivity contribution in [3.63, 3.8) is 0 Å². The van der Waals surface area contributed by atoms with Crippen LogP contribution in [0.15, 0.2) is 18.3 Å². The van der Waals surface area contributed by atoms with Crippen LogP contribution < -0.4 is 5.32 Å². The summed E-state index contributed by atoms with van der Waals surface area (Å²) in [6, 6.07) is 4.11. The standard InChI is InChI=1S/C17H24N4S/c1-2-11-22-15(5-1)17-20-14-4-3-8-19-16(14)21(17)12-13-6-9-18-10-7-13/h3-4,8,13,15,18H,1-2,5-7,9-12H2. The molecular formula is C17H24N4S. The molecule has 2 saturated heterocycles. The average Bonchev–Trinajstić information content (AvgIpc) is 2.95. The Bertz CT molecular complexity index is 627. The van der Waals surface area contributed by atoms with Gasteiger partial charge in [0.1, 0.15) is 11.3 Å². The van der Waals surface area contributed by atoms with Crippen LogP contribution in [0.2, 0.25) is 0 Å². The van der Waals surface area contributed by atoms with Crippen molar-refractivity contribution < 1.29 is 0 Å². The van der Waals surface area contributed by atoms with Crippen molar-refractivity contribution in [2.24, 2.45) is 5.92 Å². The predicted molar refractivity (Wildman–Crippen MR) is 92.2 cm³/mol. The fourth-order valence-corrected chi connectivity index (χ4v) is 4.99. The van der Waals surface area contributed by atoms with Crippen LogP contribution in [0, 0.1) is 5.92 Å². The maximum absolute atomic E-state index is 4.97. The van der Waals surface area contributed by atoms with E-state index in [4.69, 9.17) is 4.98 Å². The largest absolute Gasteiger partial charge is 0.317 e. The fourth-order valence-electron chi connectivity index (χ4n) is 3.67. The molecule has 1 atom stereocenters. The molecule has 0 radical (unpaired) electrons. The van der Waals surface area contributed by atoms with Gasteiger partial charge in [-0.15, -0.1) is 0 Å². The van der Waals surface area contributed by atoms with Crippen LogP contribution in [0.5, 0.6) is 0 Å². The van der Waals surface area contributed by atoms with Crippen molar-refractivity contribution in [3.05, 3.63) is 24.2 Å². The number of fused-ring (bicyclic) bond motifs is 1. The van der Waals surface area contributed by atoms with Crippen molar-refractivity contribution in [2.75, 3.05) is 18.8 Å². The Labute approximate surface area is 136 Å². The lowest BCUT2D eigenvalue weighted by Crippen LogP contribution is -2.30. The zero-order valence-electron chi connectivity index (χ0n) is 13.0. The van der Waals surface area contributed by atoms with Gasteiger partial charge in [0.2, 0.25) is 0 Å². The number of rotatable bonds is 3. The van der Waals surface area contributed by atoms with E-state index in [0.717, 1.165) is 36.7 Å². The maximum atomic E-state index is 4.97. The molecule has 1 N–H and O–H groups in total. The first kappa shape index (κ1) is 14.5. The normalized spacial score (nSPS) is 23.9. The molecule has 1 unspecified atom stereocenters. The van der Waals surface area contributed by atoms with E-state index in [9.17, 15) is 0 Å². The highest BCUT2D eigenvalue weighted by molar-refractivity contribution is 7.99. The molecular weight excluding hydrogens is 292 g/mol. The van der Waals surface area contributed by atoms with Crippen molar-refractivity contribution in [3.8, 4) is 0 Å². The third-order valence-electron chi connectivity index (χ3n) is 4.90. The van der Waals surface area contributed by atoms with Crippen molar-refractivity contribution in [1.29, 1.82) is 0 Å². The predicted octanol–water partition coefficient (Wildman–Crippen LogP) is 3.39. The van der Waals surface area contributed by atoms with Crippen molar-refractivity contribution >= 4 is 22.9 Å². The van der Waals surface area contributed by atoms with Gasteiger partial charge in [-0.25, -0.2) is 9.97 Å². The maximum Gasteiger partial charge on any atom is 0.160 e. The SMILES string of the molecule is c1cnc2c(c1)nc(C1CCCCS1)n2CC1CCNCC1. The van der Waals surface area contributed by atoms with Gasteiger partial charge in [-0.05, 0) is 62.6 Å². The first-order valence-electron chi connectivity index (χ1n) is 8.55. The second-order valence-corrected chi connectivity index (χ2v) is 7.79. The van der Waals surface area contributed by atoms with Gasteiger partial charge < -0.3 is 9.88 Å². The van der Waals surface area contributed by atoms with Crippen molar-refractivity contribution in [1.82, 2.24) is 19.9 Å². The summed E-state index contributed by atoms with van der Waals surface area (Å²) in [6.07, 6.45) is 8.39. The number of nitrogens with zero attached hydrogens (tertiary/aromatic N) is 3. The van der Waals surface area contributed by atoms with Gasteiger partial charge in [-0.2, -0.15) is 11.8 Å². The second kappa shape index (κ2) is 6.59. The number of nitrogens with one attached hydrogen (secondary N) is 1. The number of thioether (sulfide) groups is 1. The van der Waals surface area contributed by atoms with Crippen LogP contribution in [-0.2, 0) is 6.54 Å². The Balaban J connectivity index is 1.69. The second-order valence-electron chi connectivity index (χ2n) is 6.48. The topological polar surface area (TPSA) is 42.7 Å². The van der Waals surface area contributed by atoms with Gasteiger partial charge in [0.15, 0.2) is 5.65 Å². The summed E-state index contributed by atoms with van der Waals surface area (Å²) in [4.78, 5) is 9.60. The number of pyridine rings is 1. The smallest absolute Gasteiger partial charge is 0.160 e. The highest BCUT2D eigenvalue weighted by atomic mass is 32.2. The highest BCUT2D eigenvalue weighted by Crippen LogP contribution is 2.39. The van der Waals surface area contributed by atoms with Crippen LogP contribution in [0.3, 0.4) is 0 Å². The van der Waals surface area contributed by atoms with E-state index in [0.29, 0.717) is 5.25 Å². The molecule has 4 heterocycles. The molecule has 0 saturated carbocycles. The molecule has 22 heavy (non-hydrogen) atoms. The van der Waals surface area contributed by atoms with Gasteiger partial charge in [0, 0.05) is 12.7 Å². The van der Waals surface area contributed by atoms with Crippen LogP contribution >= 0.6 is 11.8 Å². The first-order chi connectivity index (χ1) is 10.9. The van der Waals surface area contributed by atoms with Crippen molar-refractivity contribution in [2.45, 2.75) is 43.9 Å². The van der Waals surface area contributed by atoms with Gasteiger partial charge in [-0.3, -0.25) is 0 Å². The van der Waals surface area contributed by atoms with Gasteiger partial charge in [0.25, 0.3) is 0 Å². The minimum Gasteiger partial charge on any atom is -0.317 e. The Morgan fingerprint density at radius 1 is 1.23 bits per heavy atom. The summed E-state index contributed by atoms with van der Waals surface area (Å²) in [7, 11) is 0. The molecule has 4 rings (SSSR count). The zero-order valence-corrected chi connectivity index (χ0v) is 13.8. The zero-order chi connectivity index (χ0) is 14.8. The third-order valence-corrected chi connectivity index (χ3v) is 6.27. The molecule has 2 aromatic heterocycles. The Morgan fingerprint density at radius 3 is 2.95 bits per heavy atom. The number of hydrogen-bond acceptors (Lipinski definition) is 4. The summed E-state index contributed by atoms with van der Waals surface area (Å²) in [6.45, 7) is 3.39. The van der Waals surface area contributed by atoms with Gasteiger partial charge in [-0.1, -0.05) is 6.42 Å². The Kier molecular flexibility index (Phi) is 4.35. The van der Waals surface area contributed by atoms with Gasteiger partial charge in [0.05, 0.1) is 5.25 Å². The molecule has 0 bridgehead atoms. The molecule has 2 aliphatic rings. The molecule has 4 nitrogen and oxygen atoms in total. The summed E-state index contributed by atoms with van der Waals surface area (Å²) in [5.74, 6) is 3.30. The highest BCUT2D eigenvalue weighted by Gasteiger charge is 2.25. The minimum absolute atomic E-state index is 0.560. The lowest BCUT2D eigenvalue weighted by Gasteiger charge is -2.26. The Hall–Kier alpha value is -1.07. The fraction of sp³-hybridized carbons (Fsp3) is 0.647. The monoisotopic (exact) mass is 316 g/mol. The van der Waals surface area contributed by atoms with Crippen LogP contribution in [0.1, 0.15) is 43.2 Å². The van der Waals surface area contributed by atoms with E-state index in [1.54, 1.807) is 0 Å². The van der Waals surface area contributed by atoms with E-state index in [1.807, 2.05) is 12.3 Å². The Morgan fingerprint density at radius 2 is 2.14 bits per heavy atom. The van der Waals surface area contributed by atoms with Crippen LogP contribution in [0.4, 0.5) is 0 Å². The first-order valence-corrected chi connectivity index (χ1v) is 9.60. The third kappa shape index (κ3) is 2.88. The van der Waals surface area contributed by atoms with E-state index in [-0.39, 0.29) is 0 Å². The molecule has 0 spiro atoms. The number of aromatic nitrogens is 3. The molecule has 2 fully saturated rings. The lowest BCUT2D eigenvalue weighted by molar-refractivity contribution is 0.331. The molecule has 2 aliphatic heterocycles. The lowest BCUT2D eigenvalue weighted by atomic mass is 9.98. The number of piperidine rings is 1. The molecule has 5 heteroatoms. The summed E-state index contributed by atoms with van der Waals surface area (Å²) < 4.78 is 2.44. The van der Waals surface area contributed by atoms with E-state index in [1.165, 1.54) is 43.7 Å². The summed E-state index contributed by atoms with van der Waals surface area (Å²) in [5, 5.41) is 4.02. The molecule has 118 valence electrons. The molecule has 0 amide bonds. The molecule has 2 aromatic rings. The van der Waals surface area contributed by atoms with E-state index < -0.39 is 0 Å². The number of hydrogen-bond donors (Lipinski definition) is 1. The summed E-state index contributed by atoms with van der Waals surface area (Å²) in [5.41, 5.74) is 2.15. The van der Waals surface area contributed by atoms with Crippen LogP contribution in [0.25, 0.3) is 11.2 Å². The number of imidazole rings is 1. The van der Waals surface area contributed by atoms with E-state index >= 15 is 0 Å². The molecule has 0 aromatic carbocycles. The quantitative estimate of drug-likeness (QED) is 0.942. The average molecular weight is 316 g/mol.